The van der Waals surface area contributed by atoms with Gasteiger partial charge in [-0.05, 0) is 24.3 Å². The van der Waals surface area contributed by atoms with Crippen LogP contribution in [0.25, 0.3) is 23.0 Å². The SMILES string of the molecule is CN=C(NCCc1nc(-c2ccco2)n[nH]1)NCc1coc(-c2ccccc2)n1.I. The molecule has 4 aromatic rings. The summed E-state index contributed by atoms with van der Waals surface area (Å²) in [7, 11) is 1.72. The first kappa shape index (κ1) is 21.6. The maximum absolute atomic E-state index is 5.55. The fraction of sp³-hybridized carbons (Fsp3) is 0.200. The van der Waals surface area contributed by atoms with Crippen LogP contribution >= 0.6 is 24.0 Å². The van der Waals surface area contributed by atoms with Crippen LogP contribution in [-0.4, -0.2) is 39.7 Å². The topological polar surface area (TPSA) is 117 Å². The summed E-state index contributed by atoms with van der Waals surface area (Å²) in [4.78, 5) is 13.1. The molecule has 0 saturated heterocycles. The van der Waals surface area contributed by atoms with Gasteiger partial charge >= 0.3 is 0 Å². The number of rotatable bonds is 7. The van der Waals surface area contributed by atoms with E-state index in [-0.39, 0.29) is 24.0 Å². The Labute approximate surface area is 190 Å². The van der Waals surface area contributed by atoms with Gasteiger partial charge < -0.3 is 19.5 Å². The molecule has 9 nitrogen and oxygen atoms in total. The highest BCUT2D eigenvalue weighted by atomic mass is 127. The number of furan rings is 1. The van der Waals surface area contributed by atoms with E-state index in [0.717, 1.165) is 17.1 Å². The molecule has 0 bridgehead atoms. The van der Waals surface area contributed by atoms with Crippen molar-refractivity contribution in [3.63, 3.8) is 0 Å². The molecule has 0 aliphatic rings. The van der Waals surface area contributed by atoms with Crippen molar-refractivity contribution >= 4 is 29.9 Å². The van der Waals surface area contributed by atoms with Gasteiger partial charge in [-0.15, -0.1) is 24.0 Å². The number of aromatic nitrogens is 4. The fourth-order valence-corrected chi connectivity index (χ4v) is 2.72. The van der Waals surface area contributed by atoms with Crippen LogP contribution in [0.5, 0.6) is 0 Å². The molecule has 0 fully saturated rings. The monoisotopic (exact) mass is 519 g/mol. The molecule has 156 valence electrons. The fourth-order valence-electron chi connectivity index (χ4n) is 2.72. The number of nitrogens with one attached hydrogen (secondary N) is 3. The van der Waals surface area contributed by atoms with Crippen molar-refractivity contribution in [2.24, 2.45) is 4.99 Å². The molecule has 0 amide bonds. The maximum atomic E-state index is 5.55. The van der Waals surface area contributed by atoms with Crippen LogP contribution in [0.4, 0.5) is 0 Å². The molecule has 3 N–H and O–H groups in total. The normalized spacial score (nSPS) is 11.2. The quantitative estimate of drug-likeness (QED) is 0.195. The summed E-state index contributed by atoms with van der Waals surface area (Å²) in [5, 5.41) is 13.5. The largest absolute Gasteiger partial charge is 0.461 e. The van der Waals surface area contributed by atoms with Crippen molar-refractivity contribution in [3.8, 4) is 23.0 Å². The lowest BCUT2D eigenvalue weighted by atomic mass is 10.2. The van der Waals surface area contributed by atoms with E-state index in [1.807, 2.05) is 36.4 Å². The Balaban J connectivity index is 0.00000256. The van der Waals surface area contributed by atoms with Gasteiger partial charge in [-0.2, -0.15) is 5.10 Å². The van der Waals surface area contributed by atoms with E-state index in [0.29, 0.717) is 42.9 Å². The van der Waals surface area contributed by atoms with Gasteiger partial charge in [0, 0.05) is 25.6 Å². The number of guanidine groups is 1. The average Bonchev–Trinajstić information content (AvgIpc) is 3.53. The number of halogens is 1. The van der Waals surface area contributed by atoms with Crippen LogP contribution in [-0.2, 0) is 13.0 Å². The minimum Gasteiger partial charge on any atom is -0.461 e. The average molecular weight is 519 g/mol. The molecular formula is C20H22IN7O2. The molecule has 30 heavy (non-hydrogen) atoms. The molecule has 4 rings (SSSR count). The van der Waals surface area contributed by atoms with E-state index in [1.165, 1.54) is 0 Å². The highest BCUT2D eigenvalue weighted by molar-refractivity contribution is 14.0. The molecule has 0 aliphatic heterocycles. The summed E-state index contributed by atoms with van der Waals surface area (Å²) in [6.07, 6.45) is 3.91. The van der Waals surface area contributed by atoms with Gasteiger partial charge in [0.05, 0.1) is 18.5 Å². The zero-order valence-electron chi connectivity index (χ0n) is 16.3. The smallest absolute Gasteiger partial charge is 0.226 e. The van der Waals surface area contributed by atoms with E-state index in [1.54, 1.807) is 25.6 Å². The van der Waals surface area contributed by atoms with Crippen molar-refractivity contribution in [1.82, 2.24) is 30.8 Å². The second-order valence-electron chi connectivity index (χ2n) is 6.20. The Kier molecular flexibility index (Phi) is 7.60. The van der Waals surface area contributed by atoms with Gasteiger partial charge in [0.2, 0.25) is 11.7 Å². The Morgan fingerprint density at radius 1 is 1.07 bits per heavy atom. The molecule has 0 radical (unpaired) electrons. The number of hydrogen-bond acceptors (Lipinski definition) is 6. The van der Waals surface area contributed by atoms with Crippen molar-refractivity contribution in [2.45, 2.75) is 13.0 Å². The predicted molar refractivity (Wildman–Crippen MR) is 123 cm³/mol. The van der Waals surface area contributed by atoms with E-state index in [4.69, 9.17) is 8.83 Å². The summed E-state index contributed by atoms with van der Waals surface area (Å²) in [6.45, 7) is 1.14. The molecule has 0 aliphatic carbocycles. The van der Waals surface area contributed by atoms with Crippen LogP contribution in [0.15, 0.2) is 68.8 Å². The lowest BCUT2D eigenvalue weighted by Gasteiger charge is -2.09. The molecule has 0 saturated carbocycles. The molecule has 3 heterocycles. The van der Waals surface area contributed by atoms with Crippen molar-refractivity contribution in [1.29, 1.82) is 0 Å². The first-order valence-electron chi connectivity index (χ1n) is 9.21. The number of nitrogens with zero attached hydrogens (tertiary/aromatic N) is 4. The first-order chi connectivity index (χ1) is 14.3. The van der Waals surface area contributed by atoms with Gasteiger partial charge in [0.15, 0.2) is 11.7 Å². The van der Waals surface area contributed by atoms with Crippen LogP contribution in [0.1, 0.15) is 11.5 Å². The van der Waals surface area contributed by atoms with Gasteiger partial charge in [0.25, 0.3) is 0 Å². The molecule has 1 aromatic carbocycles. The molecular weight excluding hydrogens is 497 g/mol. The minimum absolute atomic E-state index is 0. The second kappa shape index (κ2) is 10.6. The van der Waals surface area contributed by atoms with Crippen LogP contribution in [0, 0.1) is 0 Å². The summed E-state index contributed by atoms with van der Waals surface area (Å²) in [5.41, 5.74) is 1.74. The van der Waals surface area contributed by atoms with Crippen molar-refractivity contribution in [3.05, 3.63) is 66.5 Å². The van der Waals surface area contributed by atoms with E-state index >= 15 is 0 Å². The Morgan fingerprint density at radius 2 is 1.93 bits per heavy atom. The number of aromatic amines is 1. The third kappa shape index (κ3) is 5.47. The molecule has 10 heteroatoms. The summed E-state index contributed by atoms with van der Waals surface area (Å²) in [5.74, 6) is 3.22. The number of oxazole rings is 1. The standard InChI is InChI=1S/C20H21N7O2.HI/c1-21-20(22-10-9-17-25-18(27-26-17)16-8-5-11-28-16)23-12-15-13-29-19(24-15)14-6-3-2-4-7-14;/h2-8,11,13H,9-10,12H2,1H3,(H2,21,22,23)(H,25,26,27);1H. The number of H-pyrrole nitrogens is 1. The first-order valence-corrected chi connectivity index (χ1v) is 9.21. The highest BCUT2D eigenvalue weighted by Crippen LogP contribution is 2.17. The number of hydrogen-bond donors (Lipinski definition) is 3. The molecule has 0 atom stereocenters. The van der Waals surface area contributed by atoms with Crippen molar-refractivity contribution in [2.75, 3.05) is 13.6 Å². The van der Waals surface area contributed by atoms with Crippen LogP contribution in [0.3, 0.4) is 0 Å². The molecule has 0 unspecified atom stereocenters. The van der Waals surface area contributed by atoms with E-state index in [2.05, 4.69) is 35.8 Å². The predicted octanol–water partition coefficient (Wildman–Crippen LogP) is 3.25. The summed E-state index contributed by atoms with van der Waals surface area (Å²) < 4.78 is 10.8. The third-order valence-electron chi connectivity index (χ3n) is 4.16. The van der Waals surface area contributed by atoms with Crippen LogP contribution < -0.4 is 10.6 Å². The number of aliphatic imine (C=N–C) groups is 1. The zero-order valence-corrected chi connectivity index (χ0v) is 18.7. The number of benzene rings is 1. The molecule has 0 spiro atoms. The van der Waals surface area contributed by atoms with Gasteiger partial charge in [-0.3, -0.25) is 10.1 Å². The summed E-state index contributed by atoms with van der Waals surface area (Å²) in [6, 6.07) is 13.4. The summed E-state index contributed by atoms with van der Waals surface area (Å²) >= 11 is 0. The highest BCUT2D eigenvalue weighted by Gasteiger charge is 2.09. The van der Waals surface area contributed by atoms with Crippen molar-refractivity contribution < 1.29 is 8.83 Å². The third-order valence-corrected chi connectivity index (χ3v) is 4.16. The maximum Gasteiger partial charge on any atom is 0.226 e. The van der Waals surface area contributed by atoms with E-state index in [9.17, 15) is 0 Å². The molecule has 3 aromatic heterocycles. The van der Waals surface area contributed by atoms with Gasteiger partial charge in [-0.1, -0.05) is 18.2 Å². The minimum atomic E-state index is 0. The Morgan fingerprint density at radius 3 is 2.70 bits per heavy atom. The Bertz CT molecular complexity index is 1060. The van der Waals surface area contributed by atoms with Gasteiger partial charge in [0.1, 0.15) is 12.1 Å². The van der Waals surface area contributed by atoms with Crippen LogP contribution in [0.2, 0.25) is 0 Å². The van der Waals surface area contributed by atoms with E-state index < -0.39 is 0 Å². The zero-order chi connectivity index (χ0) is 19.9. The second-order valence-corrected chi connectivity index (χ2v) is 6.20. The lowest BCUT2D eigenvalue weighted by Crippen LogP contribution is -2.38. The Hall–Kier alpha value is -3.15. The van der Waals surface area contributed by atoms with Gasteiger partial charge in [-0.25, -0.2) is 9.97 Å². The lowest BCUT2D eigenvalue weighted by molar-refractivity contribution is 0.572.